The lowest BCUT2D eigenvalue weighted by Crippen LogP contribution is -2.12. The molecule has 2 rings (SSSR count). The van der Waals surface area contributed by atoms with E-state index in [1.165, 1.54) is 21.6 Å². The number of rotatable bonds is 4. The van der Waals surface area contributed by atoms with Crippen LogP contribution in [0.25, 0.3) is 10.4 Å². The van der Waals surface area contributed by atoms with Crippen molar-refractivity contribution >= 4 is 22.9 Å². The summed E-state index contributed by atoms with van der Waals surface area (Å²) in [6.45, 7) is 6.13. The van der Waals surface area contributed by atoms with Gasteiger partial charge in [-0.2, -0.15) is 0 Å². The van der Waals surface area contributed by atoms with E-state index in [-0.39, 0.29) is 0 Å². The molecule has 2 aromatic rings. The lowest BCUT2D eigenvalue weighted by molar-refractivity contribution is 0.728. The number of thiophene rings is 1. The molecule has 0 saturated heterocycles. The van der Waals surface area contributed by atoms with E-state index in [4.69, 9.17) is 11.6 Å². The number of hydrogen-bond acceptors (Lipinski definition) is 2. The molecule has 0 unspecified atom stereocenters. The zero-order chi connectivity index (χ0) is 12.3. The van der Waals surface area contributed by atoms with E-state index in [1.807, 2.05) is 6.07 Å². The molecule has 1 N–H and O–H groups in total. The van der Waals surface area contributed by atoms with Gasteiger partial charge in [-0.25, -0.2) is 0 Å². The zero-order valence-electron chi connectivity index (χ0n) is 10.1. The first-order valence-corrected chi connectivity index (χ1v) is 7.01. The highest BCUT2D eigenvalue weighted by atomic mass is 35.5. The second kappa shape index (κ2) is 5.67. The lowest BCUT2D eigenvalue weighted by Gasteiger charge is -2.10. The fourth-order valence-electron chi connectivity index (χ4n) is 1.82. The predicted octanol–water partition coefficient (Wildman–Crippen LogP) is 4.49. The molecule has 17 heavy (non-hydrogen) atoms. The number of nitrogens with one attached hydrogen (secondary N) is 1. The molecule has 90 valence electrons. The molecule has 1 heterocycles. The van der Waals surface area contributed by atoms with Crippen molar-refractivity contribution < 1.29 is 0 Å². The maximum atomic E-state index is 6.10. The SMILES string of the molecule is CCNCc1ccc(Cl)cc1-c1sccc1C. The fraction of sp³-hybridized carbons (Fsp3) is 0.286. The molecule has 0 radical (unpaired) electrons. The third-order valence-corrected chi connectivity index (χ3v) is 4.03. The maximum absolute atomic E-state index is 6.10. The molecule has 0 aliphatic rings. The molecule has 0 spiro atoms. The van der Waals surface area contributed by atoms with Crippen molar-refractivity contribution in [1.82, 2.24) is 5.32 Å². The molecule has 0 aliphatic heterocycles. The van der Waals surface area contributed by atoms with Gasteiger partial charge < -0.3 is 5.32 Å². The smallest absolute Gasteiger partial charge is 0.0412 e. The van der Waals surface area contributed by atoms with Crippen LogP contribution < -0.4 is 5.32 Å². The molecular formula is C14H16ClNS. The summed E-state index contributed by atoms with van der Waals surface area (Å²) >= 11 is 7.88. The predicted molar refractivity (Wildman–Crippen MR) is 76.9 cm³/mol. The summed E-state index contributed by atoms with van der Waals surface area (Å²) in [7, 11) is 0. The van der Waals surface area contributed by atoms with Gasteiger partial charge >= 0.3 is 0 Å². The average Bonchev–Trinajstić information content (AvgIpc) is 2.74. The second-order valence-corrected chi connectivity index (χ2v) is 5.37. The molecule has 1 nitrogen and oxygen atoms in total. The summed E-state index contributed by atoms with van der Waals surface area (Å²) in [5.41, 5.74) is 3.88. The zero-order valence-corrected chi connectivity index (χ0v) is 11.7. The van der Waals surface area contributed by atoms with E-state index in [2.05, 4.69) is 42.7 Å². The molecule has 0 saturated carbocycles. The van der Waals surface area contributed by atoms with E-state index < -0.39 is 0 Å². The van der Waals surface area contributed by atoms with Crippen molar-refractivity contribution in [2.24, 2.45) is 0 Å². The summed E-state index contributed by atoms with van der Waals surface area (Å²) in [5.74, 6) is 0. The Hall–Kier alpha value is -0.830. The summed E-state index contributed by atoms with van der Waals surface area (Å²) < 4.78 is 0. The Morgan fingerprint density at radius 3 is 2.76 bits per heavy atom. The topological polar surface area (TPSA) is 12.0 Å². The van der Waals surface area contributed by atoms with Crippen molar-refractivity contribution in [3.05, 3.63) is 45.8 Å². The van der Waals surface area contributed by atoms with Crippen LogP contribution in [0.4, 0.5) is 0 Å². The first kappa shape index (κ1) is 12.6. The van der Waals surface area contributed by atoms with Gasteiger partial charge in [0.15, 0.2) is 0 Å². The Morgan fingerprint density at radius 2 is 2.12 bits per heavy atom. The van der Waals surface area contributed by atoms with Crippen LogP contribution in [0.1, 0.15) is 18.1 Å². The second-order valence-electron chi connectivity index (χ2n) is 4.01. The van der Waals surface area contributed by atoms with Crippen molar-refractivity contribution in [3.8, 4) is 10.4 Å². The molecule has 3 heteroatoms. The highest BCUT2D eigenvalue weighted by Crippen LogP contribution is 2.33. The minimum Gasteiger partial charge on any atom is -0.313 e. The van der Waals surface area contributed by atoms with Gasteiger partial charge in [0, 0.05) is 16.4 Å². The Labute approximate surface area is 111 Å². The number of benzene rings is 1. The van der Waals surface area contributed by atoms with Gasteiger partial charge in [0.05, 0.1) is 0 Å². The monoisotopic (exact) mass is 265 g/mol. The van der Waals surface area contributed by atoms with E-state index in [1.54, 1.807) is 11.3 Å². The van der Waals surface area contributed by atoms with Crippen LogP contribution in [0.3, 0.4) is 0 Å². The molecule has 0 aliphatic carbocycles. The van der Waals surface area contributed by atoms with Crippen LogP contribution >= 0.6 is 22.9 Å². The third-order valence-electron chi connectivity index (χ3n) is 2.74. The van der Waals surface area contributed by atoms with E-state index in [9.17, 15) is 0 Å². The van der Waals surface area contributed by atoms with Crippen LogP contribution in [-0.4, -0.2) is 6.54 Å². The first-order valence-electron chi connectivity index (χ1n) is 5.76. The molecular weight excluding hydrogens is 250 g/mol. The summed E-state index contributed by atoms with van der Waals surface area (Å²) in [6, 6.07) is 8.28. The highest BCUT2D eigenvalue weighted by molar-refractivity contribution is 7.13. The maximum Gasteiger partial charge on any atom is 0.0412 e. The van der Waals surface area contributed by atoms with E-state index in [0.717, 1.165) is 18.1 Å². The molecule has 1 aromatic heterocycles. The molecule has 0 atom stereocenters. The number of aryl methyl sites for hydroxylation is 1. The minimum absolute atomic E-state index is 0.799. The average molecular weight is 266 g/mol. The first-order chi connectivity index (χ1) is 8.22. The number of hydrogen-bond donors (Lipinski definition) is 1. The van der Waals surface area contributed by atoms with E-state index in [0.29, 0.717) is 0 Å². The highest BCUT2D eigenvalue weighted by Gasteiger charge is 2.09. The van der Waals surface area contributed by atoms with Gasteiger partial charge in [-0.3, -0.25) is 0 Å². The van der Waals surface area contributed by atoms with Crippen LogP contribution in [0, 0.1) is 6.92 Å². The van der Waals surface area contributed by atoms with Gasteiger partial charge in [-0.15, -0.1) is 11.3 Å². The van der Waals surface area contributed by atoms with Crippen LogP contribution in [0.5, 0.6) is 0 Å². The van der Waals surface area contributed by atoms with Gasteiger partial charge in [0.2, 0.25) is 0 Å². The minimum atomic E-state index is 0.799. The Morgan fingerprint density at radius 1 is 1.29 bits per heavy atom. The Kier molecular flexibility index (Phi) is 4.21. The van der Waals surface area contributed by atoms with Crippen molar-refractivity contribution in [1.29, 1.82) is 0 Å². The quantitative estimate of drug-likeness (QED) is 0.859. The largest absolute Gasteiger partial charge is 0.313 e. The van der Waals surface area contributed by atoms with Crippen molar-refractivity contribution in [2.75, 3.05) is 6.54 Å². The van der Waals surface area contributed by atoms with Gasteiger partial charge in [-0.1, -0.05) is 24.6 Å². The van der Waals surface area contributed by atoms with Crippen LogP contribution in [-0.2, 0) is 6.54 Å². The molecule has 0 bridgehead atoms. The summed E-state index contributed by atoms with van der Waals surface area (Å²) in [4.78, 5) is 1.32. The summed E-state index contributed by atoms with van der Waals surface area (Å²) in [6.07, 6.45) is 0. The lowest BCUT2D eigenvalue weighted by atomic mass is 10.0. The van der Waals surface area contributed by atoms with Crippen molar-refractivity contribution in [2.45, 2.75) is 20.4 Å². The third kappa shape index (κ3) is 2.89. The fourth-order valence-corrected chi connectivity index (χ4v) is 2.97. The van der Waals surface area contributed by atoms with Crippen LogP contribution in [0.15, 0.2) is 29.6 Å². The van der Waals surface area contributed by atoms with Crippen LogP contribution in [0.2, 0.25) is 5.02 Å². The summed E-state index contributed by atoms with van der Waals surface area (Å²) in [5, 5.41) is 6.29. The standard InChI is InChI=1S/C14H16ClNS/c1-3-16-9-11-4-5-12(15)8-13(11)14-10(2)6-7-17-14/h4-8,16H,3,9H2,1-2H3. The van der Waals surface area contributed by atoms with Gasteiger partial charge in [0.1, 0.15) is 0 Å². The molecule has 0 fully saturated rings. The molecule has 0 amide bonds. The number of halogens is 1. The normalized spacial score (nSPS) is 10.8. The van der Waals surface area contributed by atoms with Crippen molar-refractivity contribution in [3.63, 3.8) is 0 Å². The Balaban J connectivity index is 2.43. The van der Waals surface area contributed by atoms with E-state index >= 15 is 0 Å². The van der Waals surface area contributed by atoms with Gasteiger partial charge in [-0.05, 0) is 53.7 Å². The van der Waals surface area contributed by atoms with Gasteiger partial charge in [0.25, 0.3) is 0 Å². The Bertz CT molecular complexity index is 505. The molecule has 1 aromatic carbocycles.